The number of aromatic carboxylic acids is 1. The molecule has 7 nitrogen and oxygen atoms in total. The van der Waals surface area contributed by atoms with E-state index in [0.717, 1.165) is 5.69 Å². The molecule has 0 saturated carbocycles. The fourth-order valence-corrected chi connectivity index (χ4v) is 2.28. The molecule has 0 spiro atoms. The summed E-state index contributed by atoms with van der Waals surface area (Å²) in [6.07, 6.45) is 6.32. The molecule has 0 unspecified atom stereocenters. The lowest BCUT2D eigenvalue weighted by Crippen LogP contribution is -2.15. The van der Waals surface area contributed by atoms with Crippen LogP contribution < -0.4 is 4.90 Å². The summed E-state index contributed by atoms with van der Waals surface area (Å²) < 4.78 is 1.61. The van der Waals surface area contributed by atoms with E-state index in [9.17, 15) is 9.90 Å². The zero-order chi connectivity index (χ0) is 15.0. The number of aryl methyl sites for hydroxylation is 1. The lowest BCUT2D eigenvalue weighted by atomic mass is 10.1. The SMILES string of the molecule is CN(c1cccnc1)c1c(C(=O)O)cnc2c1cnn2C. The molecule has 0 saturated heterocycles. The number of nitrogens with zero attached hydrogens (tertiary/aromatic N) is 5. The van der Waals surface area contributed by atoms with Crippen molar-refractivity contribution in [3.63, 3.8) is 0 Å². The highest BCUT2D eigenvalue weighted by Gasteiger charge is 2.20. The van der Waals surface area contributed by atoms with Crippen LogP contribution in [0.5, 0.6) is 0 Å². The number of fused-ring (bicyclic) bond motifs is 1. The van der Waals surface area contributed by atoms with Gasteiger partial charge in [-0.2, -0.15) is 5.10 Å². The summed E-state index contributed by atoms with van der Waals surface area (Å²) in [5, 5.41) is 14.3. The van der Waals surface area contributed by atoms with E-state index in [-0.39, 0.29) is 5.56 Å². The Morgan fingerprint density at radius 3 is 2.81 bits per heavy atom. The molecule has 1 N–H and O–H groups in total. The maximum Gasteiger partial charge on any atom is 0.339 e. The summed E-state index contributed by atoms with van der Waals surface area (Å²) in [4.78, 5) is 21.5. The highest BCUT2D eigenvalue weighted by molar-refractivity contribution is 6.04. The Morgan fingerprint density at radius 2 is 2.14 bits per heavy atom. The molecule has 3 aromatic rings. The summed E-state index contributed by atoms with van der Waals surface area (Å²) in [5.41, 5.74) is 2.09. The maximum atomic E-state index is 11.5. The highest BCUT2D eigenvalue weighted by Crippen LogP contribution is 2.32. The Bertz CT molecular complexity index is 813. The molecule has 0 aromatic carbocycles. The second-order valence-electron chi connectivity index (χ2n) is 4.60. The van der Waals surface area contributed by atoms with Crippen molar-refractivity contribution >= 4 is 28.4 Å². The van der Waals surface area contributed by atoms with E-state index >= 15 is 0 Å². The van der Waals surface area contributed by atoms with Crippen LogP contribution in [0.25, 0.3) is 11.0 Å². The first-order chi connectivity index (χ1) is 10.1. The van der Waals surface area contributed by atoms with Gasteiger partial charge in [-0.25, -0.2) is 9.78 Å². The Hall–Kier alpha value is -2.96. The minimum absolute atomic E-state index is 0.127. The van der Waals surface area contributed by atoms with E-state index in [1.165, 1.54) is 6.20 Å². The van der Waals surface area contributed by atoms with Crippen LogP contribution in [0.15, 0.2) is 36.9 Å². The molecule has 0 aliphatic rings. The Labute approximate surface area is 120 Å². The van der Waals surface area contributed by atoms with Gasteiger partial charge in [-0.15, -0.1) is 0 Å². The molecule has 3 heterocycles. The van der Waals surface area contributed by atoms with E-state index in [1.807, 2.05) is 6.07 Å². The molecule has 0 amide bonds. The third-order valence-corrected chi connectivity index (χ3v) is 3.33. The summed E-state index contributed by atoms with van der Waals surface area (Å²) in [6.45, 7) is 0. The molecule has 0 bridgehead atoms. The van der Waals surface area contributed by atoms with Crippen LogP contribution in [0.4, 0.5) is 11.4 Å². The van der Waals surface area contributed by atoms with Gasteiger partial charge in [0.25, 0.3) is 0 Å². The number of carbonyl (C=O) groups is 1. The second kappa shape index (κ2) is 4.86. The quantitative estimate of drug-likeness (QED) is 0.789. The lowest BCUT2D eigenvalue weighted by Gasteiger charge is -2.21. The van der Waals surface area contributed by atoms with Crippen LogP contribution in [0.1, 0.15) is 10.4 Å². The average Bonchev–Trinajstić information content (AvgIpc) is 2.88. The molecule has 0 fully saturated rings. The molecular weight excluding hydrogens is 270 g/mol. The van der Waals surface area contributed by atoms with Gasteiger partial charge in [-0.3, -0.25) is 9.67 Å². The summed E-state index contributed by atoms with van der Waals surface area (Å²) >= 11 is 0. The number of pyridine rings is 2. The summed E-state index contributed by atoms with van der Waals surface area (Å²) in [6, 6.07) is 3.66. The van der Waals surface area contributed by atoms with E-state index < -0.39 is 5.97 Å². The van der Waals surface area contributed by atoms with Crippen molar-refractivity contribution in [1.82, 2.24) is 19.7 Å². The molecule has 21 heavy (non-hydrogen) atoms. The smallest absolute Gasteiger partial charge is 0.339 e. The Morgan fingerprint density at radius 1 is 1.33 bits per heavy atom. The number of hydrogen-bond donors (Lipinski definition) is 1. The van der Waals surface area contributed by atoms with Crippen molar-refractivity contribution in [3.8, 4) is 0 Å². The first-order valence-electron chi connectivity index (χ1n) is 6.27. The van der Waals surface area contributed by atoms with Crippen molar-refractivity contribution in [2.24, 2.45) is 7.05 Å². The number of aromatic nitrogens is 4. The number of carboxylic acid groups (broad SMARTS) is 1. The first kappa shape index (κ1) is 13.0. The van der Waals surface area contributed by atoms with Gasteiger partial charge in [-0.05, 0) is 12.1 Å². The minimum Gasteiger partial charge on any atom is -0.478 e. The fourth-order valence-electron chi connectivity index (χ4n) is 2.28. The first-order valence-corrected chi connectivity index (χ1v) is 6.27. The number of carboxylic acids is 1. The molecule has 106 valence electrons. The third kappa shape index (κ3) is 2.08. The molecule has 0 aliphatic carbocycles. The molecule has 3 aromatic heterocycles. The van der Waals surface area contributed by atoms with Crippen LogP contribution in [-0.2, 0) is 7.05 Å². The zero-order valence-corrected chi connectivity index (χ0v) is 11.6. The third-order valence-electron chi connectivity index (χ3n) is 3.33. The van der Waals surface area contributed by atoms with Gasteiger partial charge in [-0.1, -0.05) is 0 Å². The van der Waals surface area contributed by atoms with Gasteiger partial charge >= 0.3 is 5.97 Å². The predicted octanol–water partition coefficient (Wildman–Crippen LogP) is 1.83. The molecule has 0 radical (unpaired) electrons. The zero-order valence-electron chi connectivity index (χ0n) is 11.6. The van der Waals surface area contributed by atoms with Crippen molar-refractivity contribution in [1.29, 1.82) is 0 Å². The van der Waals surface area contributed by atoms with Crippen molar-refractivity contribution in [3.05, 3.63) is 42.5 Å². The number of anilines is 2. The molecule has 0 atom stereocenters. The average molecular weight is 283 g/mol. The maximum absolute atomic E-state index is 11.5. The fraction of sp³-hybridized carbons (Fsp3) is 0.143. The van der Waals surface area contributed by atoms with Crippen molar-refractivity contribution in [2.75, 3.05) is 11.9 Å². The predicted molar refractivity (Wildman–Crippen MR) is 77.8 cm³/mol. The molecule has 0 aliphatic heterocycles. The highest BCUT2D eigenvalue weighted by atomic mass is 16.4. The Balaban J connectivity index is 2.28. The topological polar surface area (TPSA) is 84.1 Å². The van der Waals surface area contributed by atoms with Crippen LogP contribution in [-0.4, -0.2) is 37.9 Å². The van der Waals surface area contributed by atoms with Crippen molar-refractivity contribution in [2.45, 2.75) is 0 Å². The van der Waals surface area contributed by atoms with Crippen molar-refractivity contribution < 1.29 is 9.90 Å². The van der Waals surface area contributed by atoms with E-state index in [0.29, 0.717) is 16.7 Å². The molecular formula is C14H13N5O2. The minimum atomic E-state index is -1.03. The Kier molecular flexibility index (Phi) is 3.02. The number of hydrogen-bond acceptors (Lipinski definition) is 5. The van der Waals surface area contributed by atoms with Crippen LogP contribution >= 0.6 is 0 Å². The van der Waals surface area contributed by atoms with Gasteiger partial charge in [0.1, 0.15) is 5.56 Å². The lowest BCUT2D eigenvalue weighted by molar-refractivity contribution is 0.0697. The van der Waals surface area contributed by atoms with Gasteiger partial charge < -0.3 is 10.0 Å². The normalized spacial score (nSPS) is 10.8. The number of rotatable bonds is 3. The largest absolute Gasteiger partial charge is 0.478 e. The van der Waals surface area contributed by atoms with E-state index in [1.54, 1.807) is 48.3 Å². The van der Waals surface area contributed by atoms with Gasteiger partial charge in [0.2, 0.25) is 0 Å². The van der Waals surface area contributed by atoms with Crippen LogP contribution in [0, 0.1) is 0 Å². The van der Waals surface area contributed by atoms with Crippen LogP contribution in [0.3, 0.4) is 0 Å². The second-order valence-corrected chi connectivity index (χ2v) is 4.60. The van der Waals surface area contributed by atoms with Gasteiger partial charge in [0, 0.05) is 26.5 Å². The van der Waals surface area contributed by atoms with Crippen LogP contribution in [0.2, 0.25) is 0 Å². The monoisotopic (exact) mass is 283 g/mol. The van der Waals surface area contributed by atoms with Gasteiger partial charge in [0.15, 0.2) is 5.65 Å². The van der Waals surface area contributed by atoms with E-state index in [4.69, 9.17) is 0 Å². The molecule has 7 heteroatoms. The van der Waals surface area contributed by atoms with Gasteiger partial charge in [0.05, 0.1) is 29.2 Å². The standard InChI is InChI=1S/C14H13N5O2/c1-18(9-4-3-5-15-6-9)12-10-8-17-19(2)13(10)16-7-11(12)14(20)21/h3-8H,1-2H3,(H,20,21). The molecule has 3 rings (SSSR count). The summed E-state index contributed by atoms with van der Waals surface area (Å²) in [7, 11) is 3.56. The summed E-state index contributed by atoms with van der Waals surface area (Å²) in [5.74, 6) is -1.03. The van der Waals surface area contributed by atoms with E-state index in [2.05, 4.69) is 15.1 Å².